The summed E-state index contributed by atoms with van der Waals surface area (Å²) in [5.74, 6) is -2.90. The molecule has 0 bridgehead atoms. The first kappa shape index (κ1) is 24.5. The van der Waals surface area contributed by atoms with Gasteiger partial charge in [0.25, 0.3) is 5.91 Å². The second-order valence-electron chi connectivity index (χ2n) is 6.55. The van der Waals surface area contributed by atoms with Crippen molar-refractivity contribution in [2.45, 2.75) is 24.3 Å². The summed E-state index contributed by atoms with van der Waals surface area (Å²) in [7, 11) is -7.32. The van der Waals surface area contributed by atoms with E-state index in [0.29, 0.717) is 0 Å². The first-order chi connectivity index (χ1) is 14.0. The molecule has 0 aromatic heterocycles. The number of carboxylic acid groups (broad SMARTS) is 1. The minimum Gasteiger partial charge on any atom is -0.480 e. The number of sulfone groups is 1. The maximum absolute atomic E-state index is 12.8. The molecule has 1 amide bonds. The van der Waals surface area contributed by atoms with Crippen molar-refractivity contribution in [2.24, 2.45) is 0 Å². The van der Waals surface area contributed by atoms with Crippen molar-refractivity contribution in [3.05, 3.63) is 28.8 Å². The first-order valence-corrected chi connectivity index (χ1v) is 12.7. The highest BCUT2D eigenvalue weighted by Gasteiger charge is 2.29. The van der Waals surface area contributed by atoms with E-state index in [2.05, 4.69) is 5.32 Å². The lowest BCUT2D eigenvalue weighted by molar-refractivity contribution is -0.139. The van der Waals surface area contributed by atoms with Crippen LogP contribution < -0.4 is 5.32 Å². The average molecular weight is 483 g/mol. The van der Waals surface area contributed by atoms with E-state index < -0.39 is 43.5 Å². The Morgan fingerprint density at radius 3 is 2.43 bits per heavy atom. The quantitative estimate of drug-likeness (QED) is 0.513. The van der Waals surface area contributed by atoms with Crippen molar-refractivity contribution in [1.29, 1.82) is 0 Å². The number of benzene rings is 1. The number of rotatable bonds is 9. The van der Waals surface area contributed by atoms with Crippen LogP contribution >= 0.6 is 11.6 Å². The second-order valence-corrected chi connectivity index (χ2v) is 11.4. The summed E-state index contributed by atoms with van der Waals surface area (Å²) in [5.41, 5.74) is -0.226. The van der Waals surface area contributed by atoms with Gasteiger partial charge in [-0.2, -0.15) is 4.31 Å². The predicted octanol–water partition coefficient (Wildman–Crippen LogP) is 0.369. The molecule has 1 fully saturated rings. The number of amides is 1. The van der Waals surface area contributed by atoms with Gasteiger partial charge in [0.1, 0.15) is 15.9 Å². The van der Waals surface area contributed by atoms with Gasteiger partial charge >= 0.3 is 5.97 Å². The third-order valence-electron chi connectivity index (χ3n) is 4.55. The number of aliphatic carboxylic acids is 1. The smallest absolute Gasteiger partial charge is 0.326 e. The van der Waals surface area contributed by atoms with Crippen LogP contribution in [0.15, 0.2) is 23.1 Å². The number of morpholine rings is 1. The zero-order chi connectivity index (χ0) is 22.5. The Kier molecular flexibility index (Phi) is 8.22. The molecule has 13 heteroatoms. The van der Waals surface area contributed by atoms with Crippen LogP contribution in [0.4, 0.5) is 0 Å². The van der Waals surface area contributed by atoms with Gasteiger partial charge in [-0.3, -0.25) is 4.79 Å². The highest BCUT2D eigenvalue weighted by Crippen LogP contribution is 2.24. The van der Waals surface area contributed by atoms with Crippen LogP contribution in [0, 0.1) is 0 Å². The van der Waals surface area contributed by atoms with Crippen LogP contribution in [-0.4, -0.2) is 82.0 Å². The Morgan fingerprint density at radius 1 is 1.23 bits per heavy atom. The molecule has 1 heterocycles. The number of nitrogens with one attached hydrogen (secondary N) is 1. The summed E-state index contributed by atoms with van der Waals surface area (Å²) in [5, 5.41) is 11.4. The topological polar surface area (TPSA) is 147 Å². The van der Waals surface area contributed by atoms with Crippen molar-refractivity contribution in [3.63, 3.8) is 0 Å². The minimum atomic E-state index is -3.89. The molecular formula is C17H23ClN2O8S2. The number of hydrogen-bond acceptors (Lipinski definition) is 7. The maximum atomic E-state index is 12.8. The van der Waals surface area contributed by atoms with E-state index in [1.54, 1.807) is 0 Å². The van der Waals surface area contributed by atoms with Crippen LogP contribution in [0.25, 0.3) is 0 Å². The maximum Gasteiger partial charge on any atom is 0.326 e. The predicted molar refractivity (Wildman–Crippen MR) is 109 cm³/mol. The largest absolute Gasteiger partial charge is 0.480 e. The third kappa shape index (κ3) is 6.14. The van der Waals surface area contributed by atoms with E-state index >= 15 is 0 Å². The van der Waals surface area contributed by atoms with Crippen molar-refractivity contribution in [1.82, 2.24) is 9.62 Å². The molecule has 0 aliphatic carbocycles. The summed E-state index contributed by atoms with van der Waals surface area (Å²) in [6.45, 7) is 2.27. The molecule has 30 heavy (non-hydrogen) atoms. The van der Waals surface area contributed by atoms with Gasteiger partial charge in [0.05, 0.1) is 34.4 Å². The minimum absolute atomic E-state index is 0.0706. The van der Waals surface area contributed by atoms with Crippen molar-refractivity contribution in [3.8, 4) is 0 Å². The molecule has 168 valence electrons. The molecule has 10 nitrogen and oxygen atoms in total. The molecule has 1 saturated heterocycles. The Balaban J connectivity index is 2.24. The van der Waals surface area contributed by atoms with Gasteiger partial charge in [0.2, 0.25) is 10.0 Å². The summed E-state index contributed by atoms with van der Waals surface area (Å²) >= 11 is 6.03. The molecule has 1 unspecified atom stereocenters. The fourth-order valence-corrected chi connectivity index (χ4v) is 5.23. The molecule has 2 N–H and O–H groups in total. The number of carbonyl (C=O) groups is 2. The van der Waals surface area contributed by atoms with Crippen LogP contribution in [-0.2, 0) is 29.4 Å². The molecule has 2 rings (SSSR count). The molecule has 0 spiro atoms. The number of ether oxygens (including phenoxy) is 1. The Morgan fingerprint density at radius 2 is 1.87 bits per heavy atom. The number of carbonyl (C=O) groups excluding carboxylic acids is 1. The number of nitrogens with zero attached hydrogens (tertiary/aromatic N) is 1. The standard InChI is InChI=1S/C17H23ClN2O8S2/c1-2-29(24,25)10-5-15(17(22)23)19-16(21)13-11-12(3-4-14(13)18)30(26,27)20-6-8-28-9-7-20/h3-4,11,15H,2,5-10H2,1H3,(H,19,21)(H,22,23). The monoisotopic (exact) mass is 482 g/mol. The van der Waals surface area contributed by atoms with Crippen molar-refractivity contribution < 1.29 is 36.3 Å². The van der Waals surface area contributed by atoms with Crippen molar-refractivity contribution >= 4 is 43.3 Å². The van der Waals surface area contributed by atoms with Crippen molar-refractivity contribution in [2.75, 3.05) is 37.8 Å². The van der Waals surface area contributed by atoms with Gasteiger partial charge in [-0.05, 0) is 24.6 Å². The SMILES string of the molecule is CCS(=O)(=O)CCC(NC(=O)c1cc(S(=O)(=O)N2CCOCC2)ccc1Cl)C(=O)O. The van der Waals surface area contributed by atoms with Gasteiger partial charge in [-0.25, -0.2) is 21.6 Å². The van der Waals surface area contributed by atoms with E-state index in [4.69, 9.17) is 16.3 Å². The van der Waals surface area contributed by atoms with Gasteiger partial charge in [0, 0.05) is 18.8 Å². The zero-order valence-corrected chi connectivity index (χ0v) is 18.6. The Hall–Kier alpha value is -1.73. The lowest BCUT2D eigenvalue weighted by atomic mass is 10.1. The highest BCUT2D eigenvalue weighted by molar-refractivity contribution is 7.91. The third-order valence-corrected chi connectivity index (χ3v) is 8.51. The molecule has 1 aromatic carbocycles. The van der Waals surface area contributed by atoms with E-state index in [1.807, 2.05) is 0 Å². The summed E-state index contributed by atoms with van der Waals surface area (Å²) in [6.07, 6.45) is -0.333. The molecule has 1 aliphatic heterocycles. The molecule has 0 saturated carbocycles. The second kappa shape index (κ2) is 10.1. The normalized spacial score (nSPS) is 16.7. The summed E-state index contributed by atoms with van der Waals surface area (Å²) < 4.78 is 55.2. The molecule has 1 atom stereocenters. The fourth-order valence-electron chi connectivity index (χ4n) is 2.71. The van der Waals surface area contributed by atoms with Crippen LogP contribution in [0.5, 0.6) is 0 Å². The molecular weight excluding hydrogens is 460 g/mol. The van der Waals surface area contributed by atoms with E-state index in [1.165, 1.54) is 23.4 Å². The fraction of sp³-hybridized carbons (Fsp3) is 0.529. The lowest BCUT2D eigenvalue weighted by Crippen LogP contribution is -2.42. The van der Waals surface area contributed by atoms with Crippen LogP contribution in [0.1, 0.15) is 23.7 Å². The number of hydrogen-bond donors (Lipinski definition) is 2. The number of carboxylic acids is 1. The summed E-state index contributed by atoms with van der Waals surface area (Å²) in [6, 6.07) is 2.09. The van der Waals surface area contributed by atoms with E-state index in [-0.39, 0.29) is 54.0 Å². The first-order valence-electron chi connectivity index (χ1n) is 9.09. The van der Waals surface area contributed by atoms with Crippen LogP contribution in [0.3, 0.4) is 0 Å². The highest BCUT2D eigenvalue weighted by atomic mass is 35.5. The molecule has 0 radical (unpaired) electrons. The molecule has 1 aromatic rings. The Labute approximate surface area is 180 Å². The van der Waals surface area contributed by atoms with E-state index in [9.17, 15) is 31.5 Å². The lowest BCUT2D eigenvalue weighted by Gasteiger charge is -2.26. The molecule has 1 aliphatic rings. The van der Waals surface area contributed by atoms with Gasteiger partial charge in [-0.1, -0.05) is 18.5 Å². The van der Waals surface area contributed by atoms with Gasteiger partial charge < -0.3 is 15.2 Å². The van der Waals surface area contributed by atoms with Gasteiger partial charge in [0.15, 0.2) is 0 Å². The Bertz CT molecular complexity index is 1000. The average Bonchev–Trinajstić information content (AvgIpc) is 2.71. The van der Waals surface area contributed by atoms with E-state index in [0.717, 1.165) is 6.07 Å². The summed E-state index contributed by atoms with van der Waals surface area (Å²) in [4.78, 5) is 23.9. The number of halogens is 1. The van der Waals surface area contributed by atoms with Crippen LogP contribution in [0.2, 0.25) is 5.02 Å². The zero-order valence-electron chi connectivity index (χ0n) is 16.2. The van der Waals surface area contributed by atoms with Gasteiger partial charge in [-0.15, -0.1) is 0 Å². The number of sulfonamides is 1.